The Labute approximate surface area is 207 Å². The minimum Gasteiger partial charge on any atom is -0.299 e. The van der Waals surface area contributed by atoms with Crippen LogP contribution in [0.4, 0.5) is 0 Å². The summed E-state index contributed by atoms with van der Waals surface area (Å²) in [6.45, 7) is 10.2. The van der Waals surface area contributed by atoms with Crippen molar-refractivity contribution in [2.45, 2.75) is 41.0 Å². The average molecular weight is 465 g/mol. The van der Waals surface area contributed by atoms with Gasteiger partial charge in [0.05, 0.1) is 11.4 Å². The molecule has 0 fully saturated rings. The lowest BCUT2D eigenvalue weighted by molar-refractivity contribution is 0.112. The van der Waals surface area contributed by atoms with Gasteiger partial charge in [-0.15, -0.1) is 0 Å². The molecule has 1 aromatic carbocycles. The molecule has 35 heavy (non-hydrogen) atoms. The first-order chi connectivity index (χ1) is 17.1. The fraction of sp³-hybridized carbons (Fsp3) is 0.200. The third-order valence-corrected chi connectivity index (χ3v) is 5.31. The first kappa shape index (κ1) is 25.5. The first-order valence-corrected chi connectivity index (χ1v) is 12.0. The first-order valence-electron chi connectivity index (χ1n) is 12.0. The number of rotatable bonds is 7. The van der Waals surface area contributed by atoms with Gasteiger partial charge in [0.2, 0.25) is 0 Å². The number of fused-ring (bicyclic) bond motifs is 1. The van der Waals surface area contributed by atoms with Crippen LogP contribution in [0.3, 0.4) is 0 Å². The highest BCUT2D eigenvalue weighted by atomic mass is 16.1. The van der Waals surface area contributed by atoms with E-state index in [2.05, 4.69) is 35.4 Å². The number of carbonyl (C=O) groups excluding carboxylic acids is 1. The lowest BCUT2D eigenvalue weighted by Crippen LogP contribution is -1.95. The number of hydrogen-bond acceptors (Lipinski definition) is 4. The summed E-state index contributed by atoms with van der Waals surface area (Å²) in [5.41, 5.74) is 8.28. The second-order valence-corrected chi connectivity index (χ2v) is 7.80. The normalized spacial score (nSPS) is 11.7. The van der Waals surface area contributed by atoms with Crippen molar-refractivity contribution < 1.29 is 4.79 Å². The van der Waals surface area contributed by atoms with Gasteiger partial charge in [0.1, 0.15) is 17.6 Å². The van der Waals surface area contributed by atoms with Crippen molar-refractivity contribution in [2.75, 3.05) is 0 Å². The molecule has 5 nitrogen and oxygen atoms in total. The molecule has 0 unspecified atom stereocenters. The van der Waals surface area contributed by atoms with Crippen molar-refractivity contribution in [1.29, 1.82) is 0 Å². The standard InChI is InChI=1S/C28H26N4O.C2H6/c1-4-7-24(15-16-29-18-22-11-13-23(19-33)14-12-22)27-26(25-10-5-9-21(3)30-25)31-28-20(2)8-6-17-32(27)28;1-2/h5-19H,4H2,1-3H3;1-2H3/b16-15-,24-7+,29-18?;. The molecule has 4 rings (SSSR count). The van der Waals surface area contributed by atoms with Crippen LogP contribution in [0, 0.1) is 13.8 Å². The number of aromatic nitrogens is 3. The number of aliphatic imine (C=N–C) groups is 1. The van der Waals surface area contributed by atoms with Gasteiger partial charge in [0.15, 0.2) is 0 Å². The number of benzene rings is 1. The van der Waals surface area contributed by atoms with Crippen molar-refractivity contribution >= 4 is 23.7 Å². The molecule has 0 atom stereocenters. The highest BCUT2D eigenvalue weighted by molar-refractivity contribution is 5.85. The van der Waals surface area contributed by atoms with E-state index in [1.165, 1.54) is 0 Å². The molecule has 3 aromatic heterocycles. The number of carbonyl (C=O) groups is 1. The summed E-state index contributed by atoms with van der Waals surface area (Å²) in [5, 5.41) is 0. The Balaban J connectivity index is 0.00000167. The van der Waals surface area contributed by atoms with Crippen LogP contribution in [-0.2, 0) is 0 Å². The van der Waals surface area contributed by atoms with Crippen LogP contribution in [0.5, 0.6) is 0 Å². The van der Waals surface area contributed by atoms with Gasteiger partial charge >= 0.3 is 0 Å². The molecule has 0 radical (unpaired) electrons. The number of nitrogens with zero attached hydrogens (tertiary/aromatic N) is 4. The fourth-order valence-electron chi connectivity index (χ4n) is 3.71. The van der Waals surface area contributed by atoms with Gasteiger partial charge in [-0.25, -0.2) is 4.98 Å². The minimum absolute atomic E-state index is 0.649. The van der Waals surface area contributed by atoms with Crippen LogP contribution in [-0.4, -0.2) is 26.9 Å². The van der Waals surface area contributed by atoms with Gasteiger partial charge in [-0.1, -0.05) is 63.2 Å². The number of allylic oxidation sites excluding steroid dienone is 3. The highest BCUT2D eigenvalue weighted by Gasteiger charge is 2.18. The third-order valence-electron chi connectivity index (χ3n) is 5.31. The summed E-state index contributed by atoms with van der Waals surface area (Å²) in [4.78, 5) is 25.0. The second-order valence-electron chi connectivity index (χ2n) is 7.80. The molecule has 178 valence electrons. The summed E-state index contributed by atoms with van der Waals surface area (Å²) >= 11 is 0. The maximum absolute atomic E-state index is 10.8. The van der Waals surface area contributed by atoms with Crippen LogP contribution in [0.25, 0.3) is 22.6 Å². The van der Waals surface area contributed by atoms with Gasteiger partial charge in [-0.2, -0.15) is 0 Å². The van der Waals surface area contributed by atoms with Gasteiger partial charge in [0.25, 0.3) is 0 Å². The van der Waals surface area contributed by atoms with E-state index in [1.807, 2.05) is 69.4 Å². The van der Waals surface area contributed by atoms with Crippen molar-refractivity contribution in [1.82, 2.24) is 14.4 Å². The minimum atomic E-state index is 0.649. The van der Waals surface area contributed by atoms with Crippen molar-refractivity contribution in [3.8, 4) is 11.4 Å². The zero-order valence-corrected chi connectivity index (χ0v) is 21.1. The Kier molecular flexibility index (Phi) is 9.02. The van der Waals surface area contributed by atoms with Crippen LogP contribution in [0.2, 0.25) is 0 Å². The monoisotopic (exact) mass is 464 g/mol. The van der Waals surface area contributed by atoms with Gasteiger partial charge in [-0.3, -0.25) is 19.2 Å². The molecular weight excluding hydrogens is 432 g/mol. The third kappa shape index (κ3) is 6.07. The van der Waals surface area contributed by atoms with Gasteiger partial charge in [-0.05, 0) is 61.2 Å². The number of aldehydes is 1. The molecular formula is C30H32N4O. The average Bonchev–Trinajstić information content (AvgIpc) is 3.28. The Hall–Kier alpha value is -4.12. The van der Waals surface area contributed by atoms with Crippen molar-refractivity contribution in [2.24, 2.45) is 4.99 Å². The molecule has 0 aliphatic rings. The molecule has 4 aromatic rings. The van der Waals surface area contributed by atoms with Crippen LogP contribution < -0.4 is 0 Å². The van der Waals surface area contributed by atoms with Crippen LogP contribution in [0.15, 0.2) is 84.1 Å². The zero-order chi connectivity index (χ0) is 25.2. The summed E-state index contributed by atoms with van der Waals surface area (Å²) < 4.78 is 2.13. The largest absolute Gasteiger partial charge is 0.299 e. The summed E-state index contributed by atoms with van der Waals surface area (Å²) in [7, 11) is 0. The number of imidazole rings is 1. The van der Waals surface area contributed by atoms with E-state index in [-0.39, 0.29) is 0 Å². The molecule has 0 saturated heterocycles. The number of pyridine rings is 2. The molecule has 0 saturated carbocycles. The molecule has 0 spiro atoms. The maximum atomic E-state index is 10.8. The summed E-state index contributed by atoms with van der Waals surface area (Å²) in [5.74, 6) is 0. The quantitative estimate of drug-likeness (QED) is 0.164. The number of aryl methyl sites for hydroxylation is 2. The smallest absolute Gasteiger partial charge is 0.150 e. The molecule has 5 heteroatoms. The summed E-state index contributed by atoms with van der Waals surface area (Å²) in [6.07, 6.45) is 11.5. The molecule has 0 aliphatic carbocycles. The van der Waals surface area contributed by atoms with Gasteiger partial charge < -0.3 is 0 Å². The zero-order valence-electron chi connectivity index (χ0n) is 21.1. The molecule has 0 N–H and O–H groups in total. The maximum Gasteiger partial charge on any atom is 0.150 e. The molecule has 0 bridgehead atoms. The lowest BCUT2D eigenvalue weighted by atomic mass is 10.1. The molecule has 0 amide bonds. The second kappa shape index (κ2) is 12.4. The Bertz CT molecular complexity index is 1380. The van der Waals surface area contributed by atoms with E-state index < -0.39 is 0 Å². The predicted octanol–water partition coefficient (Wildman–Crippen LogP) is 7.28. The van der Waals surface area contributed by atoms with E-state index in [0.29, 0.717) is 5.56 Å². The summed E-state index contributed by atoms with van der Waals surface area (Å²) in [6, 6.07) is 17.4. The van der Waals surface area contributed by atoms with Gasteiger partial charge in [0, 0.05) is 29.9 Å². The highest BCUT2D eigenvalue weighted by Crippen LogP contribution is 2.31. The Morgan fingerprint density at radius 1 is 0.971 bits per heavy atom. The van der Waals surface area contributed by atoms with E-state index in [1.54, 1.807) is 24.5 Å². The Morgan fingerprint density at radius 2 is 1.71 bits per heavy atom. The fourth-order valence-corrected chi connectivity index (χ4v) is 3.71. The predicted molar refractivity (Wildman–Crippen MR) is 146 cm³/mol. The Morgan fingerprint density at radius 3 is 2.40 bits per heavy atom. The van der Waals surface area contributed by atoms with Crippen molar-refractivity contribution in [3.63, 3.8) is 0 Å². The van der Waals surface area contributed by atoms with E-state index in [0.717, 1.165) is 57.8 Å². The van der Waals surface area contributed by atoms with Crippen LogP contribution >= 0.6 is 0 Å². The van der Waals surface area contributed by atoms with E-state index in [4.69, 9.17) is 9.97 Å². The molecule has 3 heterocycles. The topological polar surface area (TPSA) is 59.6 Å². The number of hydrogen-bond donors (Lipinski definition) is 0. The van der Waals surface area contributed by atoms with E-state index >= 15 is 0 Å². The van der Waals surface area contributed by atoms with Crippen LogP contribution in [0.1, 0.15) is 60.1 Å². The SMILES string of the molecule is CC.CC/C=C(\C=C/N=Cc1ccc(C=O)cc1)c1c(-c2cccc(C)n2)nc2c(C)cccn12. The molecule has 0 aliphatic heterocycles. The van der Waals surface area contributed by atoms with E-state index in [9.17, 15) is 4.79 Å². The lowest BCUT2D eigenvalue weighted by Gasteiger charge is -2.07. The van der Waals surface area contributed by atoms with Crippen molar-refractivity contribution in [3.05, 3.63) is 107 Å².